The average molecular weight is 468 g/mol. The molecule has 1 aromatic carbocycles. The zero-order valence-corrected chi connectivity index (χ0v) is 21.4. The molecular weight excluding hydrogens is 422 g/mol. The first-order valence-corrected chi connectivity index (χ1v) is 13.9. The van der Waals surface area contributed by atoms with Gasteiger partial charge in [0.25, 0.3) is 0 Å². The number of amides is 2. The van der Waals surface area contributed by atoms with Crippen molar-refractivity contribution in [1.29, 1.82) is 0 Å². The summed E-state index contributed by atoms with van der Waals surface area (Å²) in [5, 5.41) is 3.17. The Labute approximate surface area is 206 Å². The Kier molecular flexibility index (Phi) is 8.68. The van der Waals surface area contributed by atoms with Crippen LogP contribution in [0.5, 0.6) is 0 Å². The van der Waals surface area contributed by atoms with Crippen LogP contribution in [0.15, 0.2) is 30.3 Å². The molecule has 2 amide bonds. The number of carbonyl (C=O) groups excluding carboxylic acids is 2. The average Bonchev–Trinajstić information content (AvgIpc) is 2.84. The van der Waals surface area contributed by atoms with E-state index in [1.807, 2.05) is 0 Å². The van der Waals surface area contributed by atoms with Crippen molar-refractivity contribution < 1.29 is 9.59 Å². The van der Waals surface area contributed by atoms with E-state index in [2.05, 4.69) is 59.3 Å². The van der Waals surface area contributed by atoms with Crippen molar-refractivity contribution in [3.05, 3.63) is 35.9 Å². The fourth-order valence-corrected chi connectivity index (χ4v) is 6.44. The number of benzene rings is 1. The van der Waals surface area contributed by atoms with Gasteiger partial charge in [-0.2, -0.15) is 0 Å². The lowest BCUT2D eigenvalue weighted by Gasteiger charge is -2.55. The van der Waals surface area contributed by atoms with Crippen molar-refractivity contribution in [3.8, 4) is 0 Å². The van der Waals surface area contributed by atoms with Crippen LogP contribution >= 0.6 is 0 Å². The van der Waals surface area contributed by atoms with E-state index in [4.69, 9.17) is 0 Å². The number of rotatable bonds is 9. The molecule has 1 atom stereocenters. The first-order chi connectivity index (χ1) is 16.5. The number of hydrogen-bond donors (Lipinski definition) is 1. The van der Waals surface area contributed by atoms with Gasteiger partial charge in [-0.1, -0.05) is 69.9 Å². The third kappa shape index (κ3) is 5.84. The molecule has 1 N–H and O–H groups in total. The predicted octanol–water partition coefficient (Wildman–Crippen LogP) is 4.94. The number of unbranched alkanes of at least 4 members (excludes halogenated alkanes) is 2. The number of likely N-dealkylation sites (tertiary alicyclic amines) is 1. The van der Waals surface area contributed by atoms with E-state index in [-0.39, 0.29) is 23.9 Å². The van der Waals surface area contributed by atoms with Gasteiger partial charge in [0.05, 0.1) is 0 Å². The van der Waals surface area contributed by atoms with E-state index < -0.39 is 5.54 Å². The van der Waals surface area contributed by atoms with Crippen molar-refractivity contribution >= 4 is 11.8 Å². The Morgan fingerprint density at radius 2 is 1.68 bits per heavy atom. The lowest BCUT2D eigenvalue weighted by Crippen LogP contribution is -2.74. The molecule has 4 rings (SSSR count). The molecule has 34 heavy (non-hydrogen) atoms. The van der Waals surface area contributed by atoms with Crippen molar-refractivity contribution in [3.63, 3.8) is 0 Å². The van der Waals surface area contributed by atoms with Gasteiger partial charge in [0.15, 0.2) is 0 Å². The van der Waals surface area contributed by atoms with Gasteiger partial charge in [-0.15, -0.1) is 0 Å². The maximum atomic E-state index is 13.7. The number of nitrogens with zero attached hydrogens (tertiary/aromatic N) is 2. The number of hydrogen-bond acceptors (Lipinski definition) is 3. The SMILES string of the molecule is CC(C)C[C@@H]1NC(=O)C2(CCN(CCCCCc3ccccc3)CC2)N(C2CCCCC2)C1=O. The van der Waals surface area contributed by atoms with Crippen LogP contribution in [0.25, 0.3) is 0 Å². The highest BCUT2D eigenvalue weighted by molar-refractivity contribution is 6.00. The molecule has 2 heterocycles. The smallest absolute Gasteiger partial charge is 0.246 e. The molecule has 3 aliphatic rings. The van der Waals surface area contributed by atoms with E-state index in [1.54, 1.807) is 0 Å². The summed E-state index contributed by atoms with van der Waals surface area (Å²) in [5.74, 6) is 0.695. The monoisotopic (exact) mass is 467 g/mol. The maximum Gasteiger partial charge on any atom is 0.246 e. The highest BCUT2D eigenvalue weighted by Crippen LogP contribution is 2.39. The van der Waals surface area contributed by atoms with Gasteiger partial charge in [0, 0.05) is 19.1 Å². The van der Waals surface area contributed by atoms with Crippen molar-refractivity contribution in [2.24, 2.45) is 5.92 Å². The summed E-state index contributed by atoms with van der Waals surface area (Å²) in [4.78, 5) is 31.9. The number of nitrogens with one attached hydrogen (secondary N) is 1. The second-order valence-corrected chi connectivity index (χ2v) is 11.3. The van der Waals surface area contributed by atoms with Gasteiger partial charge in [0.1, 0.15) is 11.6 Å². The van der Waals surface area contributed by atoms with Crippen LogP contribution in [-0.2, 0) is 16.0 Å². The van der Waals surface area contributed by atoms with E-state index in [0.29, 0.717) is 5.92 Å². The molecule has 1 aliphatic carbocycles. The number of piperazine rings is 1. The third-order valence-corrected chi connectivity index (χ3v) is 8.34. The first kappa shape index (κ1) is 25.2. The number of piperidine rings is 1. The molecule has 1 saturated carbocycles. The van der Waals surface area contributed by atoms with Gasteiger partial charge in [-0.3, -0.25) is 9.59 Å². The van der Waals surface area contributed by atoms with E-state index in [9.17, 15) is 9.59 Å². The number of carbonyl (C=O) groups is 2. The van der Waals surface area contributed by atoms with Crippen molar-refractivity contribution in [1.82, 2.24) is 15.1 Å². The molecule has 5 heteroatoms. The topological polar surface area (TPSA) is 52.7 Å². The van der Waals surface area contributed by atoms with E-state index in [0.717, 1.165) is 58.2 Å². The highest BCUT2D eigenvalue weighted by atomic mass is 16.2. The Morgan fingerprint density at radius 1 is 0.971 bits per heavy atom. The van der Waals surface area contributed by atoms with Crippen LogP contribution in [0.1, 0.15) is 90.0 Å². The number of aryl methyl sites for hydroxylation is 1. The van der Waals surface area contributed by atoms with Crippen LogP contribution in [-0.4, -0.2) is 58.9 Å². The summed E-state index contributed by atoms with van der Waals surface area (Å²) >= 11 is 0. The first-order valence-electron chi connectivity index (χ1n) is 13.9. The molecule has 0 aromatic heterocycles. The summed E-state index contributed by atoms with van der Waals surface area (Å²) in [5.41, 5.74) is 0.796. The second-order valence-electron chi connectivity index (χ2n) is 11.3. The summed E-state index contributed by atoms with van der Waals surface area (Å²) in [6, 6.07) is 10.6. The van der Waals surface area contributed by atoms with Crippen molar-refractivity contribution in [2.45, 2.75) is 109 Å². The third-order valence-electron chi connectivity index (χ3n) is 8.34. The molecule has 0 bridgehead atoms. The highest BCUT2D eigenvalue weighted by Gasteiger charge is 2.55. The largest absolute Gasteiger partial charge is 0.342 e. The Hall–Kier alpha value is -1.88. The second kappa shape index (κ2) is 11.7. The Bertz CT molecular complexity index is 795. The van der Waals surface area contributed by atoms with Gasteiger partial charge in [-0.25, -0.2) is 0 Å². The quantitative estimate of drug-likeness (QED) is 0.524. The lowest BCUT2D eigenvalue weighted by molar-refractivity contribution is -0.166. The molecule has 188 valence electrons. The summed E-state index contributed by atoms with van der Waals surface area (Å²) in [6.07, 6.45) is 12.8. The standard InChI is InChI=1S/C29H45N3O2/c1-23(2)22-26-27(33)32(25-15-9-4-10-16-25)29(28(34)30-26)17-20-31(21-18-29)19-11-5-8-14-24-12-6-3-7-13-24/h3,6-7,12-13,23,25-26H,4-5,8-11,14-22H2,1-2H3,(H,30,34)/t26-/m0/s1. The van der Waals surface area contributed by atoms with Crippen LogP contribution in [0.2, 0.25) is 0 Å². The molecule has 1 aromatic rings. The Balaban J connectivity index is 1.33. The van der Waals surface area contributed by atoms with E-state index >= 15 is 0 Å². The zero-order valence-electron chi connectivity index (χ0n) is 21.4. The molecule has 0 radical (unpaired) electrons. The molecule has 2 saturated heterocycles. The molecule has 2 aliphatic heterocycles. The minimum atomic E-state index is -0.629. The summed E-state index contributed by atoms with van der Waals surface area (Å²) in [6.45, 7) is 7.19. The van der Waals surface area contributed by atoms with Gasteiger partial charge in [-0.05, 0) is 69.4 Å². The molecule has 3 fully saturated rings. The van der Waals surface area contributed by atoms with Gasteiger partial charge >= 0.3 is 0 Å². The fraction of sp³-hybridized carbons (Fsp3) is 0.724. The summed E-state index contributed by atoms with van der Waals surface area (Å²) < 4.78 is 0. The zero-order chi connectivity index (χ0) is 24.0. The van der Waals surface area contributed by atoms with Gasteiger partial charge < -0.3 is 15.1 Å². The maximum absolute atomic E-state index is 13.7. The molecule has 1 spiro atoms. The van der Waals surface area contributed by atoms with Crippen LogP contribution < -0.4 is 5.32 Å². The predicted molar refractivity (Wildman–Crippen MR) is 138 cm³/mol. The Morgan fingerprint density at radius 3 is 2.35 bits per heavy atom. The normalized spacial score (nSPS) is 24.1. The van der Waals surface area contributed by atoms with Crippen LogP contribution in [0.3, 0.4) is 0 Å². The van der Waals surface area contributed by atoms with Gasteiger partial charge in [0.2, 0.25) is 11.8 Å². The lowest BCUT2D eigenvalue weighted by atomic mass is 9.78. The summed E-state index contributed by atoms with van der Waals surface area (Å²) in [7, 11) is 0. The molecular formula is C29H45N3O2. The molecule has 5 nitrogen and oxygen atoms in total. The van der Waals surface area contributed by atoms with Crippen LogP contribution in [0, 0.1) is 5.92 Å². The van der Waals surface area contributed by atoms with E-state index in [1.165, 1.54) is 44.1 Å². The van der Waals surface area contributed by atoms with Crippen molar-refractivity contribution in [2.75, 3.05) is 19.6 Å². The minimum Gasteiger partial charge on any atom is -0.342 e. The molecule has 0 unspecified atom stereocenters. The fourth-order valence-electron chi connectivity index (χ4n) is 6.44. The van der Waals surface area contributed by atoms with Crippen LogP contribution in [0.4, 0.5) is 0 Å². The minimum absolute atomic E-state index is 0.117.